The third-order valence-electron chi connectivity index (χ3n) is 3.21. The number of benzene rings is 1. The van der Waals surface area contributed by atoms with E-state index >= 15 is 0 Å². The third kappa shape index (κ3) is 5.04. The number of nitrogens with one attached hydrogen (secondary N) is 1. The van der Waals surface area contributed by atoms with Crippen molar-refractivity contribution in [3.05, 3.63) is 41.2 Å². The predicted molar refractivity (Wildman–Crippen MR) is 105 cm³/mol. The molecule has 2 rings (SSSR count). The molecule has 0 aliphatic heterocycles. The van der Waals surface area contributed by atoms with Crippen LogP contribution in [-0.4, -0.2) is 33.9 Å². The number of halogens is 1. The number of carbonyl (C=O) groups is 3. The number of nitrogens with zero attached hydrogens (tertiary/aromatic N) is 5. The van der Waals surface area contributed by atoms with E-state index in [0.29, 0.717) is 15.7 Å². The van der Waals surface area contributed by atoms with Crippen molar-refractivity contribution in [3.8, 4) is 0 Å². The van der Waals surface area contributed by atoms with Gasteiger partial charge in [0.15, 0.2) is 22.5 Å². The van der Waals surface area contributed by atoms with E-state index in [1.807, 2.05) is 0 Å². The normalized spacial score (nSPS) is 10.9. The number of aliphatic imine (C=N–C) groups is 1. The topological polar surface area (TPSA) is 238 Å². The van der Waals surface area contributed by atoms with Gasteiger partial charge in [0.05, 0.1) is 5.69 Å². The highest BCUT2D eigenvalue weighted by molar-refractivity contribution is 6.32. The first-order valence-corrected chi connectivity index (χ1v) is 7.96. The molecule has 0 bridgehead atoms. The summed E-state index contributed by atoms with van der Waals surface area (Å²) in [4.78, 5) is 46.8. The smallest absolute Gasteiger partial charge is 0.335 e. The lowest BCUT2D eigenvalue weighted by atomic mass is 10.3. The van der Waals surface area contributed by atoms with Crippen molar-refractivity contribution in [1.82, 2.24) is 15.3 Å². The number of carbonyl (C=O) groups excluding carboxylic acids is 3. The molecule has 0 radical (unpaired) electrons. The van der Waals surface area contributed by atoms with Crippen molar-refractivity contribution < 1.29 is 14.4 Å². The summed E-state index contributed by atoms with van der Waals surface area (Å²) in [6.45, 7) is 0. The van der Waals surface area contributed by atoms with Crippen LogP contribution in [0.25, 0.3) is 0 Å². The molecule has 1 aromatic carbocycles. The van der Waals surface area contributed by atoms with E-state index in [-0.39, 0.29) is 5.96 Å². The SMILES string of the molecule is NC(=O)N(N)c1nc(N(N)C(N)=O)c(C(=O)NC(N)=Nc2ccccc2)nc1Cl. The molecule has 0 fully saturated rings. The van der Waals surface area contributed by atoms with Crippen LogP contribution >= 0.6 is 11.6 Å². The van der Waals surface area contributed by atoms with Crippen molar-refractivity contribution in [3.63, 3.8) is 0 Å². The number of amides is 5. The van der Waals surface area contributed by atoms with Crippen LogP contribution in [0.5, 0.6) is 0 Å². The van der Waals surface area contributed by atoms with E-state index in [9.17, 15) is 14.4 Å². The van der Waals surface area contributed by atoms with E-state index in [1.54, 1.807) is 30.3 Å². The van der Waals surface area contributed by atoms with Crippen molar-refractivity contribution in [2.75, 3.05) is 10.0 Å². The summed E-state index contributed by atoms with van der Waals surface area (Å²) < 4.78 is 0. The first kappa shape index (κ1) is 21.3. The lowest BCUT2D eigenvalue weighted by Gasteiger charge is -2.20. The number of anilines is 2. The van der Waals surface area contributed by atoms with Gasteiger partial charge in [-0.15, -0.1) is 0 Å². The van der Waals surface area contributed by atoms with E-state index in [0.717, 1.165) is 0 Å². The molecular formula is C14H16ClN11O3. The zero-order valence-corrected chi connectivity index (χ0v) is 15.4. The fourth-order valence-corrected chi connectivity index (χ4v) is 2.14. The van der Waals surface area contributed by atoms with Gasteiger partial charge in [0, 0.05) is 0 Å². The zero-order valence-electron chi connectivity index (χ0n) is 14.6. The maximum absolute atomic E-state index is 12.6. The molecule has 0 spiro atoms. The molecule has 15 heteroatoms. The molecule has 0 unspecified atom stereocenters. The average Bonchev–Trinajstić information content (AvgIpc) is 2.67. The second-order valence-corrected chi connectivity index (χ2v) is 5.57. The van der Waals surface area contributed by atoms with Crippen molar-refractivity contribution >= 4 is 52.9 Å². The highest BCUT2D eigenvalue weighted by Gasteiger charge is 2.27. The summed E-state index contributed by atoms with van der Waals surface area (Å²) in [7, 11) is 0. The van der Waals surface area contributed by atoms with E-state index < -0.39 is 40.5 Å². The van der Waals surface area contributed by atoms with Gasteiger partial charge in [0.25, 0.3) is 5.91 Å². The van der Waals surface area contributed by atoms with Gasteiger partial charge in [-0.1, -0.05) is 29.8 Å². The minimum atomic E-state index is -1.20. The monoisotopic (exact) mass is 421 g/mol. The molecule has 0 saturated carbocycles. The maximum atomic E-state index is 12.6. The summed E-state index contributed by atoms with van der Waals surface area (Å²) >= 11 is 5.91. The largest absolute Gasteiger partial charge is 0.369 e. The minimum Gasteiger partial charge on any atom is -0.369 e. The predicted octanol–water partition coefficient (Wildman–Crippen LogP) is -0.976. The van der Waals surface area contributed by atoms with Crippen LogP contribution in [0, 0.1) is 0 Å². The van der Waals surface area contributed by atoms with Crippen LogP contribution in [0.3, 0.4) is 0 Å². The molecule has 152 valence electrons. The molecule has 0 aliphatic carbocycles. The number of rotatable bonds is 4. The number of primary amides is 2. The molecular weight excluding hydrogens is 406 g/mol. The van der Waals surface area contributed by atoms with Gasteiger partial charge in [-0.25, -0.2) is 46.3 Å². The Labute approximate surface area is 168 Å². The molecule has 11 N–H and O–H groups in total. The third-order valence-corrected chi connectivity index (χ3v) is 3.47. The Morgan fingerprint density at radius 1 is 0.931 bits per heavy atom. The first-order valence-electron chi connectivity index (χ1n) is 7.58. The standard InChI is InChI=1S/C14H16ClN11O3/c15-8-10(26(20)14(18)29)23-9(25(19)13(17)28)7(22-8)11(27)24-12(16)21-6-4-2-1-3-5-6/h1-5H,19-20H2,(H2,17,28)(H2,18,29)(H3,16,21,24,27). The van der Waals surface area contributed by atoms with Crippen molar-refractivity contribution in [2.45, 2.75) is 0 Å². The van der Waals surface area contributed by atoms with Crippen LogP contribution in [0.1, 0.15) is 10.5 Å². The van der Waals surface area contributed by atoms with Gasteiger partial charge in [0.2, 0.25) is 5.96 Å². The number of para-hydroxylation sites is 1. The number of hydrogen-bond donors (Lipinski definition) is 6. The fraction of sp³-hybridized carbons (Fsp3) is 0. The molecule has 0 atom stereocenters. The number of hydrazine groups is 2. The number of guanidine groups is 1. The average molecular weight is 422 g/mol. The van der Waals surface area contributed by atoms with Crippen LogP contribution in [0.4, 0.5) is 26.9 Å². The fourth-order valence-electron chi connectivity index (χ4n) is 1.92. The van der Waals surface area contributed by atoms with Gasteiger partial charge in [0.1, 0.15) is 0 Å². The maximum Gasteiger partial charge on any atom is 0.335 e. The Bertz CT molecular complexity index is 982. The quantitative estimate of drug-likeness (QED) is 0.117. The number of hydrogen-bond acceptors (Lipinski definition) is 8. The Morgan fingerprint density at radius 3 is 2.03 bits per heavy atom. The van der Waals surface area contributed by atoms with Gasteiger partial charge >= 0.3 is 12.1 Å². The summed E-state index contributed by atoms with van der Waals surface area (Å²) in [5.41, 5.74) is 15.8. The Morgan fingerprint density at radius 2 is 1.48 bits per heavy atom. The second-order valence-electron chi connectivity index (χ2n) is 5.21. The van der Waals surface area contributed by atoms with Crippen LogP contribution < -0.4 is 44.2 Å². The lowest BCUT2D eigenvalue weighted by molar-refractivity contribution is 0.0972. The van der Waals surface area contributed by atoms with E-state index in [2.05, 4.69) is 20.3 Å². The highest BCUT2D eigenvalue weighted by atomic mass is 35.5. The molecule has 0 aliphatic rings. The summed E-state index contributed by atoms with van der Waals surface area (Å²) in [5, 5.41) is 2.37. The molecule has 2 aromatic rings. The van der Waals surface area contributed by atoms with Crippen molar-refractivity contribution in [1.29, 1.82) is 0 Å². The lowest BCUT2D eigenvalue weighted by Crippen LogP contribution is -2.46. The highest BCUT2D eigenvalue weighted by Crippen LogP contribution is 2.25. The molecule has 0 saturated heterocycles. The van der Waals surface area contributed by atoms with Crippen LogP contribution in [-0.2, 0) is 0 Å². The molecule has 1 heterocycles. The van der Waals surface area contributed by atoms with Crippen molar-refractivity contribution in [2.24, 2.45) is 33.9 Å². The number of urea groups is 2. The first-order chi connectivity index (χ1) is 13.6. The Balaban J connectivity index is 2.45. The zero-order chi connectivity index (χ0) is 21.7. The molecule has 14 nitrogen and oxygen atoms in total. The Kier molecular flexibility index (Phi) is 6.45. The van der Waals surface area contributed by atoms with Crippen LogP contribution in [0.15, 0.2) is 35.3 Å². The van der Waals surface area contributed by atoms with Gasteiger partial charge in [-0.3, -0.25) is 10.1 Å². The molecule has 5 amide bonds. The summed E-state index contributed by atoms with van der Waals surface area (Å²) in [6, 6.07) is 6.14. The summed E-state index contributed by atoms with van der Waals surface area (Å²) in [6.07, 6.45) is 0. The van der Waals surface area contributed by atoms with Gasteiger partial charge in [-0.2, -0.15) is 0 Å². The second kappa shape index (κ2) is 8.79. The van der Waals surface area contributed by atoms with Crippen LogP contribution in [0.2, 0.25) is 5.15 Å². The Hall–Kier alpha value is -4.01. The van der Waals surface area contributed by atoms with E-state index in [4.69, 9.17) is 40.5 Å². The molecule has 1 aromatic heterocycles. The minimum absolute atomic E-state index is 0.293. The van der Waals surface area contributed by atoms with Gasteiger partial charge in [-0.05, 0) is 12.1 Å². The number of aromatic nitrogens is 2. The number of nitrogens with two attached hydrogens (primary N) is 5. The summed E-state index contributed by atoms with van der Waals surface area (Å²) in [5.74, 6) is 8.63. The van der Waals surface area contributed by atoms with Gasteiger partial charge < -0.3 is 17.2 Å². The van der Waals surface area contributed by atoms with E-state index in [1.165, 1.54) is 0 Å². The molecule has 29 heavy (non-hydrogen) atoms.